The van der Waals surface area contributed by atoms with Gasteiger partial charge in [0.05, 0.1) is 18.4 Å². The number of aromatic nitrogens is 2. The average Bonchev–Trinajstić information content (AvgIpc) is 2.95. The predicted molar refractivity (Wildman–Crippen MR) is 82.3 cm³/mol. The van der Waals surface area contributed by atoms with E-state index in [0.29, 0.717) is 24.8 Å². The summed E-state index contributed by atoms with van der Waals surface area (Å²) in [4.78, 5) is 11.5. The molecule has 1 aromatic carbocycles. The van der Waals surface area contributed by atoms with Crippen molar-refractivity contribution in [2.75, 3.05) is 11.9 Å². The van der Waals surface area contributed by atoms with Gasteiger partial charge in [-0.05, 0) is 45.0 Å². The fourth-order valence-corrected chi connectivity index (χ4v) is 1.89. The molecule has 0 radical (unpaired) electrons. The highest BCUT2D eigenvalue weighted by Gasteiger charge is 2.06. The molecular weight excluding hydrogens is 266 g/mol. The SMILES string of the molecule is CCOC(=O)c1ccc(NCc2cnn(C(C)C)c2)cc1. The van der Waals surface area contributed by atoms with Crippen LogP contribution < -0.4 is 5.32 Å². The summed E-state index contributed by atoms with van der Waals surface area (Å²) < 4.78 is 6.88. The summed E-state index contributed by atoms with van der Waals surface area (Å²) in [6, 6.07) is 7.64. The van der Waals surface area contributed by atoms with Crippen LogP contribution in [-0.4, -0.2) is 22.4 Å². The summed E-state index contributed by atoms with van der Waals surface area (Å²) in [5.41, 5.74) is 2.65. The van der Waals surface area contributed by atoms with Crippen molar-refractivity contribution in [3.63, 3.8) is 0 Å². The normalized spacial score (nSPS) is 10.7. The molecule has 0 amide bonds. The Morgan fingerprint density at radius 1 is 1.33 bits per heavy atom. The van der Waals surface area contributed by atoms with E-state index < -0.39 is 0 Å². The van der Waals surface area contributed by atoms with Crippen LogP contribution in [0.5, 0.6) is 0 Å². The zero-order valence-electron chi connectivity index (χ0n) is 12.7. The van der Waals surface area contributed by atoms with E-state index >= 15 is 0 Å². The van der Waals surface area contributed by atoms with Gasteiger partial charge in [0.25, 0.3) is 0 Å². The Bertz CT molecular complexity index is 588. The number of benzene rings is 1. The Hall–Kier alpha value is -2.30. The van der Waals surface area contributed by atoms with E-state index in [9.17, 15) is 4.79 Å². The molecule has 0 aliphatic heterocycles. The van der Waals surface area contributed by atoms with Crippen LogP contribution in [0, 0.1) is 0 Å². The van der Waals surface area contributed by atoms with Crippen molar-refractivity contribution in [3.05, 3.63) is 47.8 Å². The van der Waals surface area contributed by atoms with Gasteiger partial charge >= 0.3 is 5.97 Å². The molecule has 112 valence electrons. The lowest BCUT2D eigenvalue weighted by Crippen LogP contribution is -2.05. The summed E-state index contributed by atoms with van der Waals surface area (Å²) in [6.45, 7) is 7.08. The molecule has 21 heavy (non-hydrogen) atoms. The molecule has 0 unspecified atom stereocenters. The number of anilines is 1. The first-order valence-corrected chi connectivity index (χ1v) is 7.14. The van der Waals surface area contributed by atoms with Crippen LogP contribution in [0.2, 0.25) is 0 Å². The van der Waals surface area contributed by atoms with Crippen LogP contribution in [-0.2, 0) is 11.3 Å². The highest BCUT2D eigenvalue weighted by molar-refractivity contribution is 5.89. The minimum Gasteiger partial charge on any atom is -0.462 e. The highest BCUT2D eigenvalue weighted by Crippen LogP contribution is 2.13. The van der Waals surface area contributed by atoms with Gasteiger partial charge in [-0.2, -0.15) is 5.10 Å². The van der Waals surface area contributed by atoms with Crippen molar-refractivity contribution in [3.8, 4) is 0 Å². The van der Waals surface area contributed by atoms with Crippen LogP contribution in [0.1, 0.15) is 42.7 Å². The predicted octanol–water partition coefficient (Wildman–Crippen LogP) is 3.25. The van der Waals surface area contributed by atoms with E-state index in [1.54, 1.807) is 19.1 Å². The van der Waals surface area contributed by atoms with Gasteiger partial charge in [0, 0.05) is 30.0 Å². The number of ether oxygens (including phenoxy) is 1. The molecular formula is C16H21N3O2. The first-order chi connectivity index (χ1) is 10.1. The average molecular weight is 287 g/mol. The minimum absolute atomic E-state index is 0.290. The summed E-state index contributed by atoms with van der Waals surface area (Å²) in [5, 5.41) is 7.61. The van der Waals surface area contributed by atoms with Crippen LogP contribution in [0.3, 0.4) is 0 Å². The Morgan fingerprint density at radius 2 is 2.05 bits per heavy atom. The molecule has 0 saturated heterocycles. The van der Waals surface area contributed by atoms with Gasteiger partial charge < -0.3 is 10.1 Å². The van der Waals surface area contributed by atoms with Gasteiger partial charge in [-0.25, -0.2) is 4.79 Å². The van der Waals surface area contributed by atoms with Crippen molar-refractivity contribution in [2.24, 2.45) is 0 Å². The molecule has 5 heteroatoms. The Balaban J connectivity index is 1.92. The molecule has 2 rings (SSSR count). The number of nitrogens with zero attached hydrogens (tertiary/aromatic N) is 2. The largest absolute Gasteiger partial charge is 0.462 e. The van der Waals surface area contributed by atoms with E-state index in [1.807, 2.05) is 29.2 Å². The molecule has 0 atom stereocenters. The molecule has 1 aromatic heterocycles. The second-order valence-electron chi connectivity index (χ2n) is 5.07. The number of hydrogen-bond acceptors (Lipinski definition) is 4. The topological polar surface area (TPSA) is 56.1 Å². The number of hydrogen-bond donors (Lipinski definition) is 1. The van der Waals surface area contributed by atoms with E-state index in [2.05, 4.69) is 24.3 Å². The van der Waals surface area contributed by atoms with Crippen molar-refractivity contribution in [2.45, 2.75) is 33.4 Å². The molecule has 0 aliphatic carbocycles. The van der Waals surface area contributed by atoms with Gasteiger partial charge in [-0.1, -0.05) is 0 Å². The highest BCUT2D eigenvalue weighted by atomic mass is 16.5. The number of carbonyl (C=O) groups is 1. The molecule has 1 heterocycles. The first kappa shape index (κ1) is 15.1. The van der Waals surface area contributed by atoms with Crippen molar-refractivity contribution >= 4 is 11.7 Å². The molecule has 1 N–H and O–H groups in total. The lowest BCUT2D eigenvalue weighted by molar-refractivity contribution is 0.0526. The quantitative estimate of drug-likeness (QED) is 0.829. The van der Waals surface area contributed by atoms with Gasteiger partial charge in [0.15, 0.2) is 0 Å². The molecule has 0 aliphatic rings. The molecule has 0 saturated carbocycles. The second-order valence-corrected chi connectivity index (χ2v) is 5.07. The van der Waals surface area contributed by atoms with Gasteiger partial charge in [0.1, 0.15) is 0 Å². The van der Waals surface area contributed by atoms with Gasteiger partial charge in [-0.3, -0.25) is 4.68 Å². The molecule has 0 fully saturated rings. The standard InChI is InChI=1S/C16H21N3O2/c1-4-21-16(20)14-5-7-15(8-6-14)17-9-13-10-18-19(11-13)12(2)3/h5-8,10-12,17H,4,9H2,1-3H3. The van der Waals surface area contributed by atoms with E-state index in [0.717, 1.165) is 11.3 Å². The Kier molecular flexibility index (Phi) is 4.98. The minimum atomic E-state index is -0.290. The fourth-order valence-electron chi connectivity index (χ4n) is 1.89. The third kappa shape index (κ3) is 4.08. The summed E-state index contributed by atoms with van der Waals surface area (Å²) in [6.07, 6.45) is 3.89. The lowest BCUT2D eigenvalue weighted by atomic mass is 10.2. The lowest BCUT2D eigenvalue weighted by Gasteiger charge is -2.06. The number of rotatable bonds is 6. The zero-order chi connectivity index (χ0) is 15.2. The van der Waals surface area contributed by atoms with Crippen LogP contribution in [0.15, 0.2) is 36.7 Å². The Morgan fingerprint density at radius 3 is 2.62 bits per heavy atom. The van der Waals surface area contributed by atoms with Crippen LogP contribution in [0.4, 0.5) is 5.69 Å². The van der Waals surface area contributed by atoms with Crippen molar-refractivity contribution in [1.29, 1.82) is 0 Å². The summed E-state index contributed by atoms with van der Waals surface area (Å²) >= 11 is 0. The smallest absolute Gasteiger partial charge is 0.338 e. The monoisotopic (exact) mass is 287 g/mol. The molecule has 0 spiro atoms. The van der Waals surface area contributed by atoms with Gasteiger partial charge in [0.2, 0.25) is 0 Å². The maximum atomic E-state index is 11.5. The summed E-state index contributed by atoms with van der Waals surface area (Å²) in [7, 11) is 0. The fraction of sp³-hybridized carbons (Fsp3) is 0.375. The maximum Gasteiger partial charge on any atom is 0.338 e. The van der Waals surface area contributed by atoms with Crippen molar-refractivity contribution in [1.82, 2.24) is 9.78 Å². The third-order valence-electron chi connectivity index (χ3n) is 3.08. The van der Waals surface area contributed by atoms with Crippen LogP contribution >= 0.6 is 0 Å². The number of carbonyl (C=O) groups excluding carboxylic acids is 1. The summed E-state index contributed by atoms with van der Waals surface area (Å²) in [5.74, 6) is -0.290. The second kappa shape index (κ2) is 6.92. The zero-order valence-corrected chi connectivity index (χ0v) is 12.7. The van der Waals surface area contributed by atoms with E-state index in [1.165, 1.54) is 0 Å². The molecule has 5 nitrogen and oxygen atoms in total. The first-order valence-electron chi connectivity index (χ1n) is 7.14. The van der Waals surface area contributed by atoms with Crippen LogP contribution in [0.25, 0.3) is 0 Å². The molecule has 0 bridgehead atoms. The van der Waals surface area contributed by atoms with Crippen molar-refractivity contribution < 1.29 is 9.53 Å². The van der Waals surface area contributed by atoms with E-state index in [4.69, 9.17) is 4.74 Å². The number of nitrogens with one attached hydrogen (secondary N) is 1. The molecule has 2 aromatic rings. The maximum absolute atomic E-state index is 11.5. The Labute approximate surface area is 124 Å². The van der Waals surface area contributed by atoms with E-state index in [-0.39, 0.29) is 5.97 Å². The number of esters is 1. The van der Waals surface area contributed by atoms with Gasteiger partial charge in [-0.15, -0.1) is 0 Å². The third-order valence-corrected chi connectivity index (χ3v) is 3.08.